The Labute approximate surface area is 206 Å². The summed E-state index contributed by atoms with van der Waals surface area (Å²) in [6, 6.07) is 12.2. The molecular weight excluding hydrogens is 464 g/mol. The number of carbonyl (C=O) groups excluding carboxylic acids is 1. The minimum atomic E-state index is 0.129. The molecule has 0 atom stereocenters. The molecule has 1 aromatic carbocycles. The van der Waals surface area contributed by atoms with Crippen molar-refractivity contribution in [3.05, 3.63) is 58.6 Å². The molecule has 2 aliphatic rings. The first-order chi connectivity index (χ1) is 16.7. The molecular formula is C25H26N6OS2. The smallest absolute Gasteiger partial charge is 0.255 e. The predicted octanol–water partition coefficient (Wildman–Crippen LogP) is 4.16. The molecule has 0 radical (unpaired) electrons. The van der Waals surface area contributed by atoms with Gasteiger partial charge in [-0.1, -0.05) is 42.5 Å². The van der Waals surface area contributed by atoms with E-state index in [0.717, 1.165) is 81.9 Å². The van der Waals surface area contributed by atoms with Crippen molar-refractivity contribution in [2.75, 3.05) is 44.2 Å². The second kappa shape index (κ2) is 9.05. The van der Waals surface area contributed by atoms with Crippen molar-refractivity contribution in [1.29, 1.82) is 0 Å². The minimum Gasteiger partial charge on any atom is -0.343 e. The molecule has 3 aromatic heterocycles. The standard InChI is InChI=1S/C25H26N6OS2/c1-2-29-10-9-20-18(16-29)22(17-6-3-4-7-19(17)26-20)24(32)30-11-13-31(14-12-30)25-28-27-23(34-25)21-8-5-15-33-21/h3-8,15H,2,9-14,16H2,1H3. The number of hydrogen-bond donors (Lipinski definition) is 0. The van der Waals surface area contributed by atoms with Crippen LogP contribution in [0.3, 0.4) is 0 Å². The Hall–Kier alpha value is -2.88. The Morgan fingerprint density at radius 2 is 1.88 bits per heavy atom. The zero-order valence-electron chi connectivity index (χ0n) is 19.1. The van der Waals surface area contributed by atoms with E-state index in [9.17, 15) is 4.79 Å². The number of amides is 1. The third-order valence-corrected chi connectivity index (χ3v) is 8.79. The first kappa shape index (κ1) is 21.6. The van der Waals surface area contributed by atoms with Gasteiger partial charge in [0, 0.05) is 62.3 Å². The van der Waals surface area contributed by atoms with Crippen molar-refractivity contribution in [3.8, 4) is 9.88 Å². The van der Waals surface area contributed by atoms with Crippen LogP contribution in [-0.2, 0) is 13.0 Å². The third kappa shape index (κ3) is 3.87. The molecule has 0 bridgehead atoms. The summed E-state index contributed by atoms with van der Waals surface area (Å²) in [5.41, 5.74) is 3.97. The van der Waals surface area contributed by atoms with Crippen molar-refractivity contribution >= 4 is 44.6 Å². The van der Waals surface area contributed by atoms with Crippen LogP contribution in [0.1, 0.15) is 28.5 Å². The van der Waals surface area contributed by atoms with Crippen LogP contribution in [0.4, 0.5) is 5.13 Å². The summed E-state index contributed by atoms with van der Waals surface area (Å²) in [4.78, 5) is 26.6. The molecule has 9 heteroatoms. The number of carbonyl (C=O) groups is 1. The van der Waals surface area contributed by atoms with Gasteiger partial charge in [-0.3, -0.25) is 14.7 Å². The zero-order chi connectivity index (χ0) is 23.1. The molecule has 1 amide bonds. The molecule has 1 fully saturated rings. The SMILES string of the molecule is CCN1CCc2nc3ccccc3c(C(=O)N3CCN(c4nnc(-c5cccs5)s4)CC3)c2C1. The fourth-order valence-electron chi connectivity index (χ4n) is 4.86. The lowest BCUT2D eigenvalue weighted by molar-refractivity contribution is 0.0745. The van der Waals surface area contributed by atoms with E-state index >= 15 is 0 Å². The third-order valence-electron chi connectivity index (χ3n) is 6.77. The number of likely N-dealkylation sites (N-methyl/N-ethyl adjacent to an activating group) is 1. The molecule has 6 rings (SSSR count). The van der Waals surface area contributed by atoms with E-state index in [-0.39, 0.29) is 5.91 Å². The van der Waals surface area contributed by atoms with Gasteiger partial charge in [-0.25, -0.2) is 0 Å². The highest BCUT2D eigenvalue weighted by Crippen LogP contribution is 2.33. The molecule has 2 aliphatic heterocycles. The molecule has 1 saturated heterocycles. The lowest BCUT2D eigenvalue weighted by Crippen LogP contribution is -2.49. The highest BCUT2D eigenvalue weighted by Gasteiger charge is 2.30. The molecule has 7 nitrogen and oxygen atoms in total. The maximum atomic E-state index is 13.9. The Kier molecular flexibility index (Phi) is 5.76. The monoisotopic (exact) mass is 490 g/mol. The number of benzene rings is 1. The molecule has 0 N–H and O–H groups in total. The van der Waals surface area contributed by atoms with E-state index in [2.05, 4.69) is 38.4 Å². The largest absolute Gasteiger partial charge is 0.343 e. The highest BCUT2D eigenvalue weighted by molar-refractivity contribution is 7.22. The zero-order valence-corrected chi connectivity index (χ0v) is 20.7. The van der Waals surface area contributed by atoms with E-state index in [1.165, 1.54) is 0 Å². The number of hydrogen-bond acceptors (Lipinski definition) is 8. The summed E-state index contributed by atoms with van der Waals surface area (Å²) in [5, 5.41) is 13.7. The van der Waals surface area contributed by atoms with E-state index in [4.69, 9.17) is 4.98 Å². The fourth-order valence-corrected chi connectivity index (χ4v) is 6.55. The van der Waals surface area contributed by atoms with Crippen molar-refractivity contribution in [2.24, 2.45) is 0 Å². The number of pyridine rings is 1. The quantitative estimate of drug-likeness (QED) is 0.428. The average Bonchev–Trinajstić information content (AvgIpc) is 3.59. The minimum absolute atomic E-state index is 0.129. The van der Waals surface area contributed by atoms with Crippen molar-refractivity contribution in [1.82, 2.24) is 25.0 Å². The summed E-state index contributed by atoms with van der Waals surface area (Å²) in [7, 11) is 0. The second-order valence-corrected chi connectivity index (χ2v) is 10.6. The molecule has 174 valence electrons. The molecule has 0 aliphatic carbocycles. The van der Waals surface area contributed by atoms with Crippen molar-refractivity contribution < 1.29 is 4.79 Å². The van der Waals surface area contributed by atoms with Gasteiger partial charge in [0.1, 0.15) is 0 Å². The molecule has 0 spiro atoms. The summed E-state index contributed by atoms with van der Waals surface area (Å²) in [6.45, 7) is 7.82. The van der Waals surface area contributed by atoms with Crippen LogP contribution in [0.15, 0.2) is 41.8 Å². The van der Waals surface area contributed by atoms with Crippen LogP contribution >= 0.6 is 22.7 Å². The van der Waals surface area contributed by atoms with Gasteiger partial charge in [0.15, 0.2) is 5.01 Å². The average molecular weight is 491 g/mol. The van der Waals surface area contributed by atoms with Crippen LogP contribution in [0, 0.1) is 0 Å². The number of thiophene rings is 1. The molecule has 0 unspecified atom stereocenters. The first-order valence-corrected chi connectivity index (χ1v) is 13.5. The lowest BCUT2D eigenvalue weighted by atomic mass is 9.94. The van der Waals surface area contributed by atoms with Crippen LogP contribution in [-0.4, -0.2) is 70.2 Å². The Bertz CT molecular complexity index is 1330. The van der Waals surface area contributed by atoms with Crippen LogP contribution < -0.4 is 4.90 Å². The van der Waals surface area contributed by atoms with Gasteiger partial charge in [-0.2, -0.15) is 0 Å². The lowest BCUT2D eigenvalue weighted by Gasteiger charge is -2.36. The van der Waals surface area contributed by atoms with Gasteiger partial charge in [0.2, 0.25) is 5.13 Å². The van der Waals surface area contributed by atoms with E-state index in [1.54, 1.807) is 22.7 Å². The number of aromatic nitrogens is 3. The predicted molar refractivity (Wildman–Crippen MR) is 138 cm³/mol. The molecule has 5 heterocycles. The summed E-state index contributed by atoms with van der Waals surface area (Å²) in [5.74, 6) is 0.129. The number of piperazine rings is 1. The Balaban J connectivity index is 1.25. The normalized spacial score (nSPS) is 16.7. The summed E-state index contributed by atoms with van der Waals surface area (Å²) < 4.78 is 0. The number of fused-ring (bicyclic) bond motifs is 2. The summed E-state index contributed by atoms with van der Waals surface area (Å²) >= 11 is 3.30. The highest BCUT2D eigenvalue weighted by atomic mass is 32.1. The van der Waals surface area contributed by atoms with Gasteiger partial charge in [-0.15, -0.1) is 21.5 Å². The van der Waals surface area contributed by atoms with Crippen LogP contribution in [0.5, 0.6) is 0 Å². The number of rotatable bonds is 4. The maximum Gasteiger partial charge on any atom is 0.255 e. The van der Waals surface area contributed by atoms with E-state index < -0.39 is 0 Å². The van der Waals surface area contributed by atoms with Crippen molar-refractivity contribution in [3.63, 3.8) is 0 Å². The van der Waals surface area contributed by atoms with E-state index in [0.29, 0.717) is 13.1 Å². The Morgan fingerprint density at radius 1 is 1.03 bits per heavy atom. The number of anilines is 1. The number of para-hydroxylation sites is 1. The van der Waals surface area contributed by atoms with Crippen LogP contribution in [0.25, 0.3) is 20.8 Å². The van der Waals surface area contributed by atoms with E-state index in [1.807, 2.05) is 35.2 Å². The van der Waals surface area contributed by atoms with Gasteiger partial charge < -0.3 is 9.80 Å². The Morgan fingerprint density at radius 3 is 2.68 bits per heavy atom. The maximum absolute atomic E-state index is 13.9. The molecule has 34 heavy (non-hydrogen) atoms. The van der Waals surface area contributed by atoms with Crippen molar-refractivity contribution in [2.45, 2.75) is 19.9 Å². The molecule has 4 aromatic rings. The first-order valence-electron chi connectivity index (χ1n) is 11.8. The molecule has 0 saturated carbocycles. The topological polar surface area (TPSA) is 65.5 Å². The fraction of sp³-hybridized carbons (Fsp3) is 0.360. The van der Waals surface area contributed by atoms with Gasteiger partial charge in [0.05, 0.1) is 16.0 Å². The summed E-state index contributed by atoms with van der Waals surface area (Å²) in [6.07, 6.45) is 0.895. The van der Waals surface area contributed by atoms with Crippen LogP contribution in [0.2, 0.25) is 0 Å². The van der Waals surface area contributed by atoms with Gasteiger partial charge in [-0.05, 0) is 24.1 Å². The van der Waals surface area contributed by atoms with Gasteiger partial charge in [0.25, 0.3) is 5.91 Å². The van der Waals surface area contributed by atoms with Gasteiger partial charge >= 0.3 is 0 Å². The second-order valence-electron chi connectivity index (χ2n) is 8.69. The number of nitrogens with zero attached hydrogens (tertiary/aromatic N) is 6.